The van der Waals surface area contributed by atoms with Crippen LogP contribution in [0.2, 0.25) is 0 Å². The minimum atomic E-state index is -0.772. The lowest BCUT2D eigenvalue weighted by atomic mass is 10.1. The van der Waals surface area contributed by atoms with Crippen LogP contribution in [0.4, 0.5) is 11.4 Å². The van der Waals surface area contributed by atoms with Crippen LogP contribution in [0.3, 0.4) is 0 Å². The molecule has 0 saturated carbocycles. The van der Waals surface area contributed by atoms with Gasteiger partial charge < -0.3 is 19.9 Å². The Hall–Kier alpha value is -3.55. The van der Waals surface area contributed by atoms with E-state index in [4.69, 9.17) is 4.74 Å². The fourth-order valence-corrected chi connectivity index (χ4v) is 3.67. The zero-order valence-corrected chi connectivity index (χ0v) is 16.9. The number of piperazine rings is 1. The number of guanidine groups is 1. The van der Waals surface area contributed by atoms with Crippen LogP contribution in [0.1, 0.15) is 6.42 Å². The molecule has 8 heteroatoms. The quantitative estimate of drug-likeness (QED) is 0.806. The first-order valence-corrected chi connectivity index (χ1v) is 10.0. The van der Waals surface area contributed by atoms with E-state index in [1.165, 1.54) is 5.69 Å². The molecule has 2 N–H and O–H groups in total. The molecule has 8 nitrogen and oxygen atoms in total. The maximum Gasteiger partial charge on any atom is 0.249 e. The van der Waals surface area contributed by atoms with E-state index in [9.17, 15) is 9.59 Å². The van der Waals surface area contributed by atoms with Gasteiger partial charge in [0.25, 0.3) is 0 Å². The van der Waals surface area contributed by atoms with Crippen molar-refractivity contribution in [3.05, 3.63) is 54.6 Å². The number of carbonyl (C=O) groups is 2. The third-order valence-corrected chi connectivity index (χ3v) is 5.28. The van der Waals surface area contributed by atoms with Gasteiger partial charge in [0.2, 0.25) is 17.8 Å². The number of rotatable bonds is 4. The van der Waals surface area contributed by atoms with Crippen molar-refractivity contribution in [2.45, 2.75) is 12.5 Å². The first kappa shape index (κ1) is 19.8. The Labute approximate surface area is 175 Å². The van der Waals surface area contributed by atoms with E-state index in [1.807, 2.05) is 35.2 Å². The van der Waals surface area contributed by atoms with Gasteiger partial charge in [0, 0.05) is 31.9 Å². The van der Waals surface area contributed by atoms with E-state index in [0.29, 0.717) is 17.4 Å². The van der Waals surface area contributed by atoms with Gasteiger partial charge in [-0.15, -0.1) is 0 Å². The fraction of sp³-hybridized carbons (Fsp3) is 0.318. The Morgan fingerprint density at radius 1 is 1.03 bits per heavy atom. The van der Waals surface area contributed by atoms with E-state index in [1.54, 1.807) is 19.2 Å². The summed E-state index contributed by atoms with van der Waals surface area (Å²) in [6.07, 6.45) is 0.0223. The van der Waals surface area contributed by atoms with Crippen molar-refractivity contribution in [1.82, 2.24) is 10.2 Å². The lowest BCUT2D eigenvalue weighted by Crippen LogP contribution is -2.56. The number of benzene rings is 2. The number of nitrogens with zero attached hydrogens (tertiary/aromatic N) is 3. The van der Waals surface area contributed by atoms with Gasteiger partial charge in [-0.2, -0.15) is 0 Å². The van der Waals surface area contributed by atoms with E-state index >= 15 is 0 Å². The number of aliphatic imine (C=N–C) groups is 1. The molecule has 1 unspecified atom stereocenters. The molecule has 1 fully saturated rings. The summed E-state index contributed by atoms with van der Waals surface area (Å²) in [5, 5.41) is 5.65. The largest absolute Gasteiger partial charge is 0.495 e. The highest BCUT2D eigenvalue weighted by atomic mass is 16.5. The zero-order chi connectivity index (χ0) is 20.9. The smallest absolute Gasteiger partial charge is 0.249 e. The van der Waals surface area contributed by atoms with Crippen LogP contribution < -0.4 is 20.3 Å². The van der Waals surface area contributed by atoms with E-state index < -0.39 is 6.04 Å². The van der Waals surface area contributed by atoms with Gasteiger partial charge in [-0.05, 0) is 24.3 Å². The summed E-state index contributed by atoms with van der Waals surface area (Å²) in [6, 6.07) is 16.6. The molecule has 0 aromatic heterocycles. The van der Waals surface area contributed by atoms with Crippen LogP contribution in [0.5, 0.6) is 5.75 Å². The number of amides is 2. The number of methoxy groups -OCH3 is 1. The van der Waals surface area contributed by atoms with Gasteiger partial charge >= 0.3 is 0 Å². The highest BCUT2D eigenvalue weighted by Crippen LogP contribution is 2.24. The van der Waals surface area contributed by atoms with Crippen LogP contribution >= 0.6 is 0 Å². The maximum atomic E-state index is 12.8. The molecule has 0 aliphatic carbocycles. The number of hydrogen-bond acceptors (Lipinski definition) is 6. The minimum absolute atomic E-state index is 0.0223. The van der Waals surface area contributed by atoms with Gasteiger partial charge in [0.15, 0.2) is 0 Å². The predicted octanol–water partition coefficient (Wildman–Crippen LogP) is 1.70. The average Bonchev–Trinajstić information content (AvgIpc) is 2.79. The summed E-state index contributed by atoms with van der Waals surface area (Å²) < 4.78 is 5.27. The van der Waals surface area contributed by atoms with Gasteiger partial charge in [-0.1, -0.05) is 30.3 Å². The average molecular weight is 407 g/mol. The summed E-state index contributed by atoms with van der Waals surface area (Å²) in [4.78, 5) is 33.9. The Bertz CT molecular complexity index is 939. The monoisotopic (exact) mass is 407 g/mol. The van der Waals surface area contributed by atoms with Crippen LogP contribution in [-0.4, -0.2) is 62.0 Å². The van der Waals surface area contributed by atoms with E-state index in [2.05, 4.69) is 32.7 Å². The number of carbonyl (C=O) groups excluding carboxylic acids is 2. The summed E-state index contributed by atoms with van der Waals surface area (Å²) in [5.74, 6) is 0.506. The summed E-state index contributed by atoms with van der Waals surface area (Å²) >= 11 is 0. The molecular weight excluding hydrogens is 382 g/mol. The fourth-order valence-electron chi connectivity index (χ4n) is 3.67. The molecule has 30 heavy (non-hydrogen) atoms. The highest BCUT2D eigenvalue weighted by Gasteiger charge is 2.31. The Morgan fingerprint density at radius 2 is 1.70 bits per heavy atom. The number of para-hydroxylation sites is 3. The first-order chi connectivity index (χ1) is 14.6. The number of ether oxygens (including phenoxy) is 1. The summed E-state index contributed by atoms with van der Waals surface area (Å²) in [6.45, 7) is 3.07. The van der Waals surface area contributed by atoms with Crippen molar-refractivity contribution < 1.29 is 14.3 Å². The molecule has 1 saturated heterocycles. The molecule has 0 bridgehead atoms. The number of anilines is 2. The molecule has 2 aliphatic rings. The second-order valence-corrected chi connectivity index (χ2v) is 7.22. The number of nitrogens with one attached hydrogen (secondary N) is 2. The van der Waals surface area contributed by atoms with Gasteiger partial charge in [-0.25, -0.2) is 4.99 Å². The second kappa shape index (κ2) is 8.86. The van der Waals surface area contributed by atoms with Crippen molar-refractivity contribution in [2.24, 2.45) is 4.99 Å². The lowest BCUT2D eigenvalue weighted by Gasteiger charge is -2.38. The van der Waals surface area contributed by atoms with Crippen LogP contribution in [0, 0.1) is 0 Å². The van der Waals surface area contributed by atoms with Crippen LogP contribution in [0.15, 0.2) is 59.6 Å². The van der Waals surface area contributed by atoms with Crippen LogP contribution in [0.25, 0.3) is 0 Å². The molecule has 0 radical (unpaired) electrons. The zero-order valence-electron chi connectivity index (χ0n) is 16.9. The topological polar surface area (TPSA) is 86.3 Å². The predicted molar refractivity (Wildman–Crippen MR) is 116 cm³/mol. The summed E-state index contributed by atoms with van der Waals surface area (Å²) in [5.41, 5.74) is 1.74. The Balaban J connectivity index is 1.42. The van der Waals surface area contributed by atoms with Crippen molar-refractivity contribution in [2.75, 3.05) is 43.5 Å². The van der Waals surface area contributed by atoms with Crippen molar-refractivity contribution >= 4 is 29.1 Å². The molecule has 0 spiro atoms. The third kappa shape index (κ3) is 4.37. The maximum absolute atomic E-state index is 12.8. The molecule has 2 aromatic carbocycles. The molecule has 2 heterocycles. The normalized spacial score (nSPS) is 19.0. The van der Waals surface area contributed by atoms with E-state index in [-0.39, 0.29) is 18.2 Å². The van der Waals surface area contributed by atoms with Crippen molar-refractivity contribution in [3.63, 3.8) is 0 Å². The molecule has 156 valence electrons. The van der Waals surface area contributed by atoms with Crippen molar-refractivity contribution in [1.29, 1.82) is 0 Å². The highest BCUT2D eigenvalue weighted by molar-refractivity contribution is 6.06. The summed E-state index contributed by atoms with van der Waals surface area (Å²) in [7, 11) is 1.55. The van der Waals surface area contributed by atoms with Gasteiger partial charge in [0.1, 0.15) is 11.8 Å². The Kier molecular flexibility index (Phi) is 5.83. The van der Waals surface area contributed by atoms with Crippen molar-refractivity contribution in [3.8, 4) is 5.75 Å². The van der Waals surface area contributed by atoms with Gasteiger partial charge in [-0.3, -0.25) is 14.9 Å². The van der Waals surface area contributed by atoms with Crippen LogP contribution in [-0.2, 0) is 9.59 Å². The second-order valence-electron chi connectivity index (χ2n) is 7.22. The molecule has 2 aliphatic heterocycles. The number of hydrogen-bond donors (Lipinski definition) is 2. The SMILES string of the molecule is COc1ccccc1NC(=O)C1CC(=O)NC(N2CCN(c3ccccc3)CC2)=N1. The van der Waals surface area contributed by atoms with E-state index in [0.717, 1.165) is 26.2 Å². The first-order valence-electron chi connectivity index (χ1n) is 10.0. The third-order valence-electron chi connectivity index (χ3n) is 5.28. The molecule has 1 atom stereocenters. The Morgan fingerprint density at radius 3 is 2.43 bits per heavy atom. The molecular formula is C22H25N5O3. The molecule has 4 rings (SSSR count). The minimum Gasteiger partial charge on any atom is -0.495 e. The standard InChI is InChI=1S/C22H25N5O3/c1-30-19-10-6-5-9-17(19)23-21(29)18-15-20(28)25-22(24-18)27-13-11-26(12-14-27)16-7-3-2-4-8-16/h2-10,18H,11-15H2,1H3,(H,23,29)(H,24,25,28). The lowest BCUT2D eigenvalue weighted by molar-refractivity contribution is -0.125. The molecule has 2 amide bonds. The van der Waals surface area contributed by atoms with Gasteiger partial charge in [0.05, 0.1) is 19.2 Å². The molecule has 2 aromatic rings.